The molecular weight excluding hydrogens is 602 g/mol. The summed E-state index contributed by atoms with van der Waals surface area (Å²) in [5.74, 6) is 1.99. The molecule has 8 heteroatoms. The molecule has 3 aliphatic carbocycles. The van der Waals surface area contributed by atoms with Gasteiger partial charge in [0.25, 0.3) is 0 Å². The predicted molar refractivity (Wildman–Crippen MR) is 190 cm³/mol. The Labute approximate surface area is 288 Å². The topological polar surface area (TPSA) is 103 Å². The minimum atomic E-state index is -0.835. The molecule has 1 amide bonds. The number of hydrogen-bond acceptors (Lipinski definition) is 7. The molecule has 3 saturated carbocycles. The highest BCUT2D eigenvalue weighted by Crippen LogP contribution is 2.61. The van der Waals surface area contributed by atoms with Crippen LogP contribution in [0.15, 0.2) is 48.5 Å². The maximum absolute atomic E-state index is 14.1. The second kappa shape index (κ2) is 16.0. The van der Waals surface area contributed by atoms with Gasteiger partial charge < -0.3 is 25.6 Å². The quantitative estimate of drug-likeness (QED) is 0.167. The SMILES string of the molecule is CCC(CC(C)NCCCc1ccccc1)c1cccc(CN2O[C@@H](CO)[C@H]([C@H](C)O)[C@H]2C(=O)N[C@H]2C[C@H]3C[C@H]([C@@H]2C)C3(C)C)c1OC. The Kier molecular flexibility index (Phi) is 12.3. The van der Waals surface area contributed by atoms with E-state index in [9.17, 15) is 15.0 Å². The summed E-state index contributed by atoms with van der Waals surface area (Å²) >= 11 is 0. The van der Waals surface area contributed by atoms with Gasteiger partial charge >= 0.3 is 0 Å². The standard InChI is InChI=1S/C40H61N3O5/c1-8-29(20-25(2)41-19-13-16-28-14-10-9-11-15-28)32-18-12-17-30(38(32)47-7)23-43-37(36(27(4)45)35(24-44)48-43)39(46)42-34-22-31-21-33(26(34)3)40(31,5)6/h9-12,14-15,17-18,25-27,29,31,33-37,41,44-45H,8,13,16,19-24H2,1-7H3,(H,42,46)/t25?,26-,27-,29?,31+,33+,34-,35-,36-,37-/m0/s1. The molecule has 266 valence electrons. The zero-order valence-electron chi connectivity index (χ0n) is 30.3. The molecule has 1 aliphatic heterocycles. The van der Waals surface area contributed by atoms with Gasteiger partial charge in [-0.15, -0.1) is 0 Å². The van der Waals surface area contributed by atoms with Gasteiger partial charge in [-0.3, -0.25) is 9.63 Å². The van der Waals surface area contributed by atoms with Crippen LogP contribution in [0, 0.1) is 29.1 Å². The Morgan fingerprint density at radius 1 is 1.12 bits per heavy atom. The van der Waals surface area contributed by atoms with Crippen LogP contribution in [0.25, 0.3) is 0 Å². The molecule has 2 bridgehead atoms. The van der Waals surface area contributed by atoms with E-state index >= 15 is 0 Å². The fourth-order valence-corrected chi connectivity index (χ4v) is 9.26. The molecule has 1 saturated heterocycles. The molecule has 6 rings (SSSR count). The van der Waals surface area contributed by atoms with Crippen molar-refractivity contribution >= 4 is 5.91 Å². The van der Waals surface area contributed by atoms with Gasteiger partial charge in [0.05, 0.1) is 26.4 Å². The summed E-state index contributed by atoms with van der Waals surface area (Å²) in [6.07, 6.45) is 4.80. The Hall–Kier alpha value is -2.49. The van der Waals surface area contributed by atoms with Crippen molar-refractivity contribution in [2.75, 3.05) is 20.3 Å². The van der Waals surface area contributed by atoms with Crippen LogP contribution < -0.4 is 15.4 Å². The third kappa shape index (κ3) is 7.78. The second-order valence-corrected chi connectivity index (χ2v) is 15.6. The summed E-state index contributed by atoms with van der Waals surface area (Å²) in [4.78, 5) is 20.4. The van der Waals surface area contributed by atoms with Gasteiger partial charge in [-0.2, -0.15) is 5.06 Å². The van der Waals surface area contributed by atoms with Crippen LogP contribution in [0.5, 0.6) is 5.75 Å². The number of amides is 1. The van der Waals surface area contributed by atoms with E-state index < -0.39 is 24.2 Å². The number of aryl methyl sites for hydroxylation is 1. The molecule has 4 aliphatic rings. The number of carbonyl (C=O) groups is 1. The summed E-state index contributed by atoms with van der Waals surface area (Å²) in [6.45, 7) is 14.1. The first kappa shape index (κ1) is 36.8. The van der Waals surface area contributed by atoms with Crippen molar-refractivity contribution in [2.24, 2.45) is 29.1 Å². The average Bonchev–Trinajstić information content (AvgIpc) is 3.45. The maximum atomic E-state index is 14.1. The summed E-state index contributed by atoms with van der Waals surface area (Å²) < 4.78 is 6.09. The van der Waals surface area contributed by atoms with Gasteiger partial charge in [-0.05, 0) is 99.1 Å². The van der Waals surface area contributed by atoms with E-state index in [-0.39, 0.29) is 24.5 Å². The molecule has 0 radical (unpaired) electrons. The molecule has 48 heavy (non-hydrogen) atoms. The zero-order valence-corrected chi connectivity index (χ0v) is 30.3. The minimum Gasteiger partial charge on any atom is -0.496 e. The van der Waals surface area contributed by atoms with Gasteiger partial charge in [0.15, 0.2) is 0 Å². The van der Waals surface area contributed by atoms with Crippen molar-refractivity contribution in [3.05, 3.63) is 65.2 Å². The minimum absolute atomic E-state index is 0.0936. The van der Waals surface area contributed by atoms with Gasteiger partial charge in [0.1, 0.15) is 17.9 Å². The molecule has 4 N–H and O–H groups in total. The Bertz CT molecular complexity index is 1340. The lowest BCUT2D eigenvalue weighted by Gasteiger charge is -2.62. The summed E-state index contributed by atoms with van der Waals surface area (Å²) in [7, 11) is 1.71. The van der Waals surface area contributed by atoms with Crippen LogP contribution in [0.2, 0.25) is 0 Å². The fourth-order valence-electron chi connectivity index (χ4n) is 9.26. The lowest BCUT2D eigenvalue weighted by molar-refractivity contribution is -0.183. The lowest BCUT2D eigenvalue weighted by atomic mass is 9.45. The van der Waals surface area contributed by atoms with E-state index in [1.807, 2.05) is 6.07 Å². The van der Waals surface area contributed by atoms with E-state index in [2.05, 4.69) is 87.7 Å². The summed E-state index contributed by atoms with van der Waals surface area (Å²) in [5.41, 5.74) is 3.77. The Morgan fingerprint density at radius 2 is 1.88 bits per heavy atom. The zero-order chi connectivity index (χ0) is 34.6. The number of benzene rings is 2. The Morgan fingerprint density at radius 3 is 2.50 bits per heavy atom. The molecule has 10 atom stereocenters. The van der Waals surface area contributed by atoms with Crippen LogP contribution >= 0.6 is 0 Å². The molecular formula is C40H61N3O5. The average molecular weight is 664 g/mol. The number of ether oxygens (including phenoxy) is 1. The van der Waals surface area contributed by atoms with Crippen molar-refractivity contribution in [1.82, 2.24) is 15.7 Å². The van der Waals surface area contributed by atoms with Crippen LogP contribution in [0.3, 0.4) is 0 Å². The first-order chi connectivity index (χ1) is 23.0. The van der Waals surface area contributed by atoms with Crippen molar-refractivity contribution in [1.29, 1.82) is 0 Å². The number of hydroxylamine groups is 2. The third-order valence-electron chi connectivity index (χ3n) is 12.3. The summed E-state index contributed by atoms with van der Waals surface area (Å²) in [5, 5.41) is 29.9. The largest absolute Gasteiger partial charge is 0.496 e. The molecule has 8 nitrogen and oxygen atoms in total. The van der Waals surface area contributed by atoms with Crippen LogP contribution in [-0.4, -0.2) is 71.8 Å². The molecule has 1 heterocycles. The number of nitrogens with zero attached hydrogens (tertiary/aromatic N) is 1. The lowest BCUT2D eigenvalue weighted by Crippen LogP contribution is -2.62. The molecule has 4 fully saturated rings. The fraction of sp³-hybridized carbons (Fsp3) is 0.675. The Balaban J connectivity index is 1.28. The highest BCUT2D eigenvalue weighted by Gasteiger charge is 2.57. The number of carbonyl (C=O) groups excluding carboxylic acids is 1. The molecule has 2 aromatic carbocycles. The first-order valence-electron chi connectivity index (χ1n) is 18.5. The predicted octanol–water partition coefficient (Wildman–Crippen LogP) is 5.85. The van der Waals surface area contributed by atoms with E-state index in [1.54, 1.807) is 19.1 Å². The van der Waals surface area contributed by atoms with E-state index in [0.29, 0.717) is 35.8 Å². The molecule has 2 aromatic rings. The normalized spacial score (nSPS) is 29.9. The van der Waals surface area contributed by atoms with E-state index in [4.69, 9.17) is 9.57 Å². The van der Waals surface area contributed by atoms with Crippen molar-refractivity contribution < 1.29 is 24.6 Å². The number of para-hydroxylation sites is 1. The number of aliphatic hydroxyl groups is 2. The molecule has 0 aromatic heterocycles. The maximum Gasteiger partial charge on any atom is 0.240 e. The van der Waals surface area contributed by atoms with Crippen LogP contribution in [0.4, 0.5) is 0 Å². The number of rotatable bonds is 16. The number of hydrogen-bond donors (Lipinski definition) is 4. The smallest absolute Gasteiger partial charge is 0.240 e. The number of aliphatic hydroxyl groups excluding tert-OH is 2. The van der Waals surface area contributed by atoms with Crippen molar-refractivity contribution in [3.63, 3.8) is 0 Å². The van der Waals surface area contributed by atoms with E-state index in [0.717, 1.165) is 55.5 Å². The highest BCUT2D eigenvalue weighted by atomic mass is 16.7. The second-order valence-electron chi connectivity index (χ2n) is 15.6. The monoisotopic (exact) mass is 663 g/mol. The van der Waals surface area contributed by atoms with E-state index in [1.165, 1.54) is 12.0 Å². The van der Waals surface area contributed by atoms with Crippen molar-refractivity contribution in [2.45, 2.75) is 123 Å². The number of nitrogens with one attached hydrogen (secondary N) is 2. The molecule has 0 spiro atoms. The van der Waals surface area contributed by atoms with Crippen LogP contribution in [-0.2, 0) is 22.6 Å². The third-order valence-corrected chi connectivity index (χ3v) is 12.3. The molecule has 2 unspecified atom stereocenters. The number of methoxy groups -OCH3 is 1. The van der Waals surface area contributed by atoms with Crippen molar-refractivity contribution in [3.8, 4) is 5.75 Å². The number of fused-ring (bicyclic) bond motifs is 2. The van der Waals surface area contributed by atoms with Gasteiger partial charge in [-0.25, -0.2) is 0 Å². The van der Waals surface area contributed by atoms with Gasteiger partial charge in [0, 0.05) is 23.6 Å². The first-order valence-corrected chi connectivity index (χ1v) is 18.5. The van der Waals surface area contributed by atoms with Crippen LogP contribution in [0.1, 0.15) is 96.3 Å². The van der Waals surface area contributed by atoms with Gasteiger partial charge in [-0.1, -0.05) is 76.2 Å². The van der Waals surface area contributed by atoms with Gasteiger partial charge in [0.2, 0.25) is 5.91 Å². The highest BCUT2D eigenvalue weighted by molar-refractivity contribution is 5.83. The summed E-state index contributed by atoms with van der Waals surface area (Å²) in [6, 6.07) is 16.6.